The van der Waals surface area contributed by atoms with Gasteiger partial charge in [-0.05, 0) is 42.3 Å². The molecule has 1 aliphatic heterocycles. The Morgan fingerprint density at radius 2 is 1.81 bits per heavy atom. The third kappa shape index (κ3) is 4.96. The van der Waals surface area contributed by atoms with E-state index in [1.807, 2.05) is 4.90 Å². The molecule has 5 nitrogen and oxygen atoms in total. The first-order chi connectivity index (χ1) is 15.0. The number of hydrogen-bond donors (Lipinski definition) is 0. The number of anilines is 1. The first kappa shape index (κ1) is 21.1. The number of nitrogens with zero attached hydrogens (tertiary/aromatic N) is 4. The van der Waals surface area contributed by atoms with Crippen LogP contribution >= 0.6 is 23.2 Å². The Balaban J connectivity index is 1.46. The minimum Gasteiger partial charge on any atom is -0.352 e. The summed E-state index contributed by atoms with van der Waals surface area (Å²) in [5.41, 5.74) is 1.08. The van der Waals surface area contributed by atoms with Crippen LogP contribution in [0.5, 0.6) is 0 Å². The van der Waals surface area contributed by atoms with Crippen molar-refractivity contribution in [3.8, 4) is 11.8 Å². The lowest BCUT2D eigenvalue weighted by molar-refractivity contribution is 0.0746. The van der Waals surface area contributed by atoms with E-state index >= 15 is 0 Å². The molecule has 0 unspecified atom stereocenters. The maximum absolute atomic E-state index is 14.2. The van der Waals surface area contributed by atoms with Crippen LogP contribution in [0, 0.1) is 17.7 Å². The second-order valence-electron chi connectivity index (χ2n) is 6.90. The minimum absolute atomic E-state index is 0.160. The Kier molecular flexibility index (Phi) is 6.36. The second kappa shape index (κ2) is 9.34. The quantitative estimate of drug-likeness (QED) is 0.542. The number of aromatic nitrogens is 2. The smallest absolute Gasteiger partial charge is 0.254 e. The molecule has 0 atom stereocenters. The van der Waals surface area contributed by atoms with Crippen molar-refractivity contribution in [1.29, 1.82) is 0 Å². The number of hydrogen-bond acceptors (Lipinski definition) is 4. The van der Waals surface area contributed by atoms with Gasteiger partial charge in [-0.15, -0.1) is 0 Å². The third-order valence-corrected chi connectivity index (χ3v) is 5.34. The SMILES string of the molecule is O=C(c1ccc(F)c(C#Cc2ccccn2)c1)N1CCN(c2ncc(Cl)cc2Cl)CC1. The lowest BCUT2D eigenvalue weighted by Gasteiger charge is -2.35. The summed E-state index contributed by atoms with van der Waals surface area (Å²) in [6.07, 6.45) is 3.17. The van der Waals surface area contributed by atoms with Gasteiger partial charge < -0.3 is 9.80 Å². The third-order valence-electron chi connectivity index (χ3n) is 4.86. The first-order valence-electron chi connectivity index (χ1n) is 9.59. The highest BCUT2D eigenvalue weighted by Crippen LogP contribution is 2.27. The molecule has 3 aromatic rings. The molecule has 0 N–H and O–H groups in total. The number of benzene rings is 1. The Hall–Kier alpha value is -3.14. The maximum Gasteiger partial charge on any atom is 0.254 e. The Morgan fingerprint density at radius 3 is 2.52 bits per heavy atom. The van der Waals surface area contributed by atoms with E-state index < -0.39 is 5.82 Å². The summed E-state index contributed by atoms with van der Waals surface area (Å²) in [5.74, 6) is 5.58. The van der Waals surface area contributed by atoms with Crippen LogP contribution in [0.2, 0.25) is 10.0 Å². The van der Waals surface area contributed by atoms with Crippen LogP contribution in [0.3, 0.4) is 0 Å². The molecule has 1 aliphatic rings. The van der Waals surface area contributed by atoms with Gasteiger partial charge in [-0.1, -0.05) is 35.2 Å². The molecular formula is C23H17Cl2FN4O. The molecule has 4 rings (SSSR count). The number of rotatable bonds is 2. The summed E-state index contributed by atoms with van der Waals surface area (Å²) in [4.78, 5) is 25.1. The molecule has 31 heavy (non-hydrogen) atoms. The molecule has 0 aliphatic carbocycles. The van der Waals surface area contributed by atoms with E-state index in [1.54, 1.807) is 41.6 Å². The van der Waals surface area contributed by atoms with E-state index in [9.17, 15) is 9.18 Å². The van der Waals surface area contributed by atoms with Crippen molar-refractivity contribution in [2.45, 2.75) is 0 Å². The standard InChI is InChI=1S/C23H17Cl2FN4O/c24-18-14-20(25)22(28-15-18)29-9-11-30(12-10-29)23(31)17-5-7-21(26)16(13-17)4-6-19-3-1-2-8-27-19/h1-3,5,7-8,13-15H,9-12H2. The Labute approximate surface area is 189 Å². The van der Waals surface area contributed by atoms with Gasteiger partial charge in [0.25, 0.3) is 5.91 Å². The molecule has 2 aromatic heterocycles. The zero-order valence-electron chi connectivity index (χ0n) is 16.4. The van der Waals surface area contributed by atoms with Gasteiger partial charge in [0.2, 0.25) is 0 Å². The van der Waals surface area contributed by atoms with Crippen molar-refractivity contribution in [1.82, 2.24) is 14.9 Å². The largest absolute Gasteiger partial charge is 0.352 e. The zero-order valence-corrected chi connectivity index (χ0v) is 17.9. The highest BCUT2D eigenvalue weighted by Gasteiger charge is 2.24. The van der Waals surface area contributed by atoms with E-state index in [1.165, 1.54) is 18.2 Å². The summed E-state index contributed by atoms with van der Waals surface area (Å²) in [5, 5.41) is 0.947. The number of carbonyl (C=O) groups excluding carboxylic acids is 1. The van der Waals surface area contributed by atoms with Crippen molar-refractivity contribution >= 4 is 34.9 Å². The highest BCUT2D eigenvalue weighted by atomic mass is 35.5. The topological polar surface area (TPSA) is 49.3 Å². The lowest BCUT2D eigenvalue weighted by atomic mass is 10.1. The summed E-state index contributed by atoms with van der Waals surface area (Å²) >= 11 is 12.2. The maximum atomic E-state index is 14.2. The van der Waals surface area contributed by atoms with Crippen LogP contribution < -0.4 is 4.90 Å². The monoisotopic (exact) mass is 454 g/mol. The fraction of sp³-hybridized carbons (Fsp3) is 0.174. The van der Waals surface area contributed by atoms with E-state index in [0.717, 1.165) is 0 Å². The van der Waals surface area contributed by atoms with Gasteiger partial charge in [0, 0.05) is 44.1 Å². The predicted molar refractivity (Wildman–Crippen MR) is 119 cm³/mol. The molecule has 3 heterocycles. The van der Waals surface area contributed by atoms with Crippen molar-refractivity contribution in [3.05, 3.63) is 87.5 Å². The van der Waals surface area contributed by atoms with Gasteiger partial charge in [-0.3, -0.25) is 4.79 Å². The van der Waals surface area contributed by atoms with Crippen LogP contribution in [-0.4, -0.2) is 47.0 Å². The molecule has 1 aromatic carbocycles. The average molecular weight is 455 g/mol. The fourth-order valence-electron chi connectivity index (χ4n) is 3.27. The molecule has 0 saturated carbocycles. The van der Waals surface area contributed by atoms with E-state index in [0.29, 0.717) is 53.3 Å². The molecular weight excluding hydrogens is 438 g/mol. The van der Waals surface area contributed by atoms with Gasteiger partial charge in [-0.25, -0.2) is 14.4 Å². The van der Waals surface area contributed by atoms with Gasteiger partial charge >= 0.3 is 0 Å². The normalized spacial score (nSPS) is 13.5. The molecule has 0 radical (unpaired) electrons. The zero-order chi connectivity index (χ0) is 21.8. The predicted octanol–water partition coefficient (Wildman–Crippen LogP) is 4.28. The molecule has 8 heteroatoms. The van der Waals surface area contributed by atoms with Crippen LogP contribution in [0.4, 0.5) is 10.2 Å². The number of carbonyl (C=O) groups is 1. The second-order valence-corrected chi connectivity index (χ2v) is 7.74. The fourth-order valence-corrected chi connectivity index (χ4v) is 3.77. The summed E-state index contributed by atoms with van der Waals surface area (Å²) < 4.78 is 14.2. The summed E-state index contributed by atoms with van der Waals surface area (Å²) in [6.45, 7) is 2.14. The molecule has 0 bridgehead atoms. The molecule has 1 saturated heterocycles. The Bertz CT molecular complexity index is 1170. The molecule has 1 fully saturated rings. The number of piperazine rings is 1. The van der Waals surface area contributed by atoms with Crippen LogP contribution in [-0.2, 0) is 0 Å². The number of pyridine rings is 2. The summed E-state index contributed by atoms with van der Waals surface area (Å²) in [6, 6.07) is 11.2. The van der Waals surface area contributed by atoms with Gasteiger partial charge in [0.05, 0.1) is 15.6 Å². The van der Waals surface area contributed by atoms with Gasteiger partial charge in [-0.2, -0.15) is 0 Å². The first-order valence-corrected chi connectivity index (χ1v) is 10.3. The Morgan fingerprint density at radius 1 is 1.00 bits per heavy atom. The van der Waals surface area contributed by atoms with Crippen molar-refractivity contribution in [2.75, 3.05) is 31.1 Å². The van der Waals surface area contributed by atoms with E-state index in [2.05, 4.69) is 21.8 Å². The molecule has 1 amide bonds. The number of halogens is 3. The van der Waals surface area contributed by atoms with E-state index in [4.69, 9.17) is 23.2 Å². The number of amides is 1. The molecule has 156 valence electrons. The van der Waals surface area contributed by atoms with Crippen molar-refractivity contribution in [3.63, 3.8) is 0 Å². The van der Waals surface area contributed by atoms with Crippen molar-refractivity contribution in [2.24, 2.45) is 0 Å². The minimum atomic E-state index is -0.478. The van der Waals surface area contributed by atoms with E-state index in [-0.39, 0.29) is 11.5 Å². The van der Waals surface area contributed by atoms with Crippen LogP contribution in [0.15, 0.2) is 54.9 Å². The van der Waals surface area contributed by atoms with Gasteiger partial charge in [0.15, 0.2) is 0 Å². The highest BCUT2D eigenvalue weighted by molar-refractivity contribution is 6.36. The summed E-state index contributed by atoms with van der Waals surface area (Å²) in [7, 11) is 0. The van der Waals surface area contributed by atoms with Gasteiger partial charge in [0.1, 0.15) is 17.3 Å². The van der Waals surface area contributed by atoms with Crippen LogP contribution in [0.25, 0.3) is 0 Å². The molecule has 0 spiro atoms. The van der Waals surface area contributed by atoms with Crippen molar-refractivity contribution < 1.29 is 9.18 Å². The average Bonchev–Trinajstić information content (AvgIpc) is 2.79. The van der Waals surface area contributed by atoms with Crippen LogP contribution in [0.1, 0.15) is 21.6 Å². The lowest BCUT2D eigenvalue weighted by Crippen LogP contribution is -2.49.